The topological polar surface area (TPSA) is 67.6 Å². The van der Waals surface area contributed by atoms with Crippen molar-refractivity contribution < 1.29 is 9.59 Å². The number of carbonyl (C=O) groups excluding carboxylic acids is 2. The molecule has 0 unspecified atom stereocenters. The minimum atomic E-state index is -0.0217. The summed E-state index contributed by atoms with van der Waals surface area (Å²) >= 11 is 13.4. The predicted octanol–water partition coefficient (Wildman–Crippen LogP) is 4.31. The van der Waals surface area contributed by atoms with Crippen LogP contribution in [0.15, 0.2) is 35.6 Å². The number of Topliss-reactive ketones (excluding diaryl/α,β-unsaturated/α-hetero) is 1. The Balaban J connectivity index is 1.53. The van der Waals surface area contributed by atoms with Gasteiger partial charge in [-0.3, -0.25) is 14.0 Å². The van der Waals surface area contributed by atoms with Gasteiger partial charge >= 0.3 is 0 Å². The molecule has 144 valence electrons. The maximum atomic E-state index is 12.7. The summed E-state index contributed by atoms with van der Waals surface area (Å²) in [6.45, 7) is 3.56. The molecule has 3 heterocycles. The molecule has 0 radical (unpaired) electrons. The first kappa shape index (κ1) is 19.2. The second-order valence-corrected chi connectivity index (χ2v) is 8.47. The van der Waals surface area contributed by atoms with Crippen LogP contribution in [-0.2, 0) is 11.2 Å². The number of ketones is 1. The smallest absolute Gasteiger partial charge is 0.224 e. The normalized spacial score (nSPS) is 15.9. The number of nitrogens with zero attached hydrogens (tertiary/aromatic N) is 4. The van der Waals surface area contributed by atoms with Gasteiger partial charge in [-0.25, -0.2) is 0 Å². The first-order valence-electron chi connectivity index (χ1n) is 8.63. The van der Waals surface area contributed by atoms with Crippen molar-refractivity contribution in [2.24, 2.45) is 0 Å². The van der Waals surface area contributed by atoms with Crippen molar-refractivity contribution in [1.29, 1.82) is 0 Å². The van der Waals surface area contributed by atoms with E-state index < -0.39 is 0 Å². The van der Waals surface area contributed by atoms with Gasteiger partial charge in [-0.05, 0) is 43.2 Å². The van der Waals surface area contributed by atoms with Crippen LogP contribution in [0.1, 0.15) is 29.8 Å². The van der Waals surface area contributed by atoms with Gasteiger partial charge in [0.25, 0.3) is 0 Å². The average molecular weight is 435 g/mol. The zero-order valence-corrected chi connectivity index (χ0v) is 17.5. The van der Waals surface area contributed by atoms with Crippen LogP contribution in [0.4, 0.5) is 5.69 Å². The van der Waals surface area contributed by atoms with E-state index in [1.54, 1.807) is 34.6 Å². The summed E-state index contributed by atoms with van der Waals surface area (Å²) in [6, 6.07) is 7.20. The van der Waals surface area contributed by atoms with Gasteiger partial charge in [-0.15, -0.1) is 10.2 Å². The number of thioether (sulfide) groups is 1. The molecule has 0 bridgehead atoms. The van der Waals surface area contributed by atoms with E-state index in [-0.39, 0.29) is 23.5 Å². The number of rotatable bonds is 4. The third-order valence-electron chi connectivity index (χ3n) is 4.68. The summed E-state index contributed by atoms with van der Waals surface area (Å²) in [7, 11) is 0. The predicted molar refractivity (Wildman–Crippen MR) is 111 cm³/mol. The van der Waals surface area contributed by atoms with Gasteiger partial charge < -0.3 is 4.90 Å². The Morgan fingerprint density at radius 1 is 1.25 bits per heavy atom. The van der Waals surface area contributed by atoms with Gasteiger partial charge in [0.2, 0.25) is 5.91 Å². The van der Waals surface area contributed by atoms with Crippen molar-refractivity contribution in [3.05, 3.63) is 51.6 Å². The van der Waals surface area contributed by atoms with E-state index in [0.29, 0.717) is 26.4 Å². The van der Waals surface area contributed by atoms with Crippen LogP contribution in [0, 0.1) is 0 Å². The molecule has 3 aromatic rings. The van der Waals surface area contributed by atoms with E-state index in [0.717, 1.165) is 17.7 Å². The van der Waals surface area contributed by atoms with E-state index in [1.165, 1.54) is 11.8 Å². The van der Waals surface area contributed by atoms with Crippen LogP contribution in [0.2, 0.25) is 10.0 Å². The lowest BCUT2D eigenvalue weighted by atomic mass is 10.0. The van der Waals surface area contributed by atoms with Crippen LogP contribution in [0.5, 0.6) is 0 Å². The number of anilines is 1. The van der Waals surface area contributed by atoms with Gasteiger partial charge in [0.05, 0.1) is 15.8 Å². The highest BCUT2D eigenvalue weighted by atomic mass is 35.5. The number of pyridine rings is 1. The number of hydrogen-bond donors (Lipinski definition) is 0. The SMILES string of the molecule is CC(=O)N1c2ccc(C(=O)CSc3nnc4c(Cl)cc(Cl)cn34)cc2C[C@@H]1C. The Kier molecular flexibility index (Phi) is 5.07. The summed E-state index contributed by atoms with van der Waals surface area (Å²) in [4.78, 5) is 26.3. The van der Waals surface area contributed by atoms with E-state index in [2.05, 4.69) is 10.2 Å². The standard InChI is InChI=1S/C19H16Cl2N4O2S/c1-10-5-13-6-12(3-4-16(13)25(10)11(2)26)17(27)9-28-19-23-22-18-15(21)7-14(20)8-24(18)19/h3-4,6-8,10H,5,9H2,1-2H3/t10-/m0/s1. The number of halogens is 2. The lowest BCUT2D eigenvalue weighted by molar-refractivity contribution is -0.116. The minimum absolute atomic E-state index is 0.0110. The van der Waals surface area contributed by atoms with Gasteiger partial charge in [0, 0.05) is 30.4 Å². The van der Waals surface area contributed by atoms with Crippen molar-refractivity contribution in [1.82, 2.24) is 14.6 Å². The van der Waals surface area contributed by atoms with Crippen molar-refractivity contribution in [3.8, 4) is 0 Å². The van der Waals surface area contributed by atoms with Crippen LogP contribution in [0.3, 0.4) is 0 Å². The molecule has 0 saturated carbocycles. The molecule has 1 aliphatic heterocycles. The third kappa shape index (κ3) is 3.38. The summed E-state index contributed by atoms with van der Waals surface area (Å²) in [5, 5.41) is 9.56. The summed E-state index contributed by atoms with van der Waals surface area (Å²) in [5.74, 6) is 0.193. The Morgan fingerprint density at radius 2 is 2.04 bits per heavy atom. The molecule has 0 spiro atoms. The van der Waals surface area contributed by atoms with Crippen LogP contribution < -0.4 is 4.90 Å². The highest BCUT2D eigenvalue weighted by Gasteiger charge is 2.29. The molecule has 6 nitrogen and oxygen atoms in total. The van der Waals surface area contributed by atoms with Crippen molar-refractivity contribution in [2.75, 3.05) is 10.7 Å². The fourth-order valence-corrected chi connectivity index (χ4v) is 4.81. The molecular weight excluding hydrogens is 419 g/mol. The number of hydrogen-bond acceptors (Lipinski definition) is 5. The molecule has 1 aromatic carbocycles. The number of carbonyl (C=O) groups is 2. The first-order chi connectivity index (χ1) is 13.3. The summed E-state index contributed by atoms with van der Waals surface area (Å²) in [6.07, 6.45) is 2.41. The van der Waals surface area contributed by atoms with Crippen molar-refractivity contribution >= 4 is 58.0 Å². The second kappa shape index (κ2) is 7.39. The minimum Gasteiger partial charge on any atom is -0.309 e. The highest BCUT2D eigenvalue weighted by Crippen LogP contribution is 2.33. The molecule has 9 heteroatoms. The monoisotopic (exact) mass is 434 g/mol. The molecule has 0 N–H and O–H groups in total. The molecule has 0 fully saturated rings. The number of benzene rings is 1. The van der Waals surface area contributed by atoms with Gasteiger partial charge in [0.15, 0.2) is 16.6 Å². The van der Waals surface area contributed by atoms with Crippen LogP contribution >= 0.6 is 35.0 Å². The highest BCUT2D eigenvalue weighted by molar-refractivity contribution is 7.99. The molecule has 1 amide bonds. The van der Waals surface area contributed by atoms with E-state index in [9.17, 15) is 9.59 Å². The Hall–Kier alpha value is -2.09. The lowest BCUT2D eigenvalue weighted by Gasteiger charge is -2.20. The van der Waals surface area contributed by atoms with E-state index in [4.69, 9.17) is 23.2 Å². The zero-order valence-electron chi connectivity index (χ0n) is 15.1. The summed E-state index contributed by atoms with van der Waals surface area (Å²) < 4.78 is 1.68. The van der Waals surface area contributed by atoms with Crippen LogP contribution in [-0.4, -0.2) is 38.1 Å². The molecule has 1 atom stereocenters. The zero-order chi connectivity index (χ0) is 20.0. The Morgan fingerprint density at radius 3 is 2.79 bits per heavy atom. The summed E-state index contributed by atoms with van der Waals surface area (Å²) in [5.41, 5.74) is 3.02. The molecule has 0 aliphatic carbocycles. The Bertz CT molecular complexity index is 1110. The maximum absolute atomic E-state index is 12.7. The maximum Gasteiger partial charge on any atom is 0.224 e. The number of amides is 1. The van der Waals surface area contributed by atoms with Crippen molar-refractivity contribution in [2.45, 2.75) is 31.5 Å². The van der Waals surface area contributed by atoms with Gasteiger partial charge in [0.1, 0.15) is 0 Å². The van der Waals surface area contributed by atoms with E-state index in [1.807, 2.05) is 19.1 Å². The first-order valence-corrected chi connectivity index (χ1v) is 10.4. The van der Waals surface area contributed by atoms with Crippen LogP contribution in [0.25, 0.3) is 5.65 Å². The fourth-order valence-electron chi connectivity index (χ4n) is 3.50. The van der Waals surface area contributed by atoms with E-state index >= 15 is 0 Å². The molecule has 1 aliphatic rings. The average Bonchev–Trinajstić information content (AvgIpc) is 3.18. The molecule has 28 heavy (non-hydrogen) atoms. The number of fused-ring (bicyclic) bond motifs is 2. The second-order valence-electron chi connectivity index (χ2n) is 6.68. The van der Waals surface area contributed by atoms with Crippen molar-refractivity contribution in [3.63, 3.8) is 0 Å². The lowest BCUT2D eigenvalue weighted by Crippen LogP contribution is -2.33. The quantitative estimate of drug-likeness (QED) is 0.451. The molecule has 2 aromatic heterocycles. The third-order valence-corrected chi connectivity index (χ3v) is 6.11. The number of aromatic nitrogens is 3. The largest absolute Gasteiger partial charge is 0.309 e. The van der Waals surface area contributed by atoms with Gasteiger partial charge in [-0.1, -0.05) is 35.0 Å². The molecule has 0 saturated heterocycles. The molecular formula is C19H16Cl2N4O2S. The van der Waals surface area contributed by atoms with Gasteiger partial charge in [-0.2, -0.15) is 0 Å². The Labute approximate surface area is 175 Å². The molecule has 4 rings (SSSR count). The fraction of sp³-hybridized carbons (Fsp3) is 0.263.